The molecular weight excluding hydrogens is 412 g/mol. The summed E-state index contributed by atoms with van der Waals surface area (Å²) in [4.78, 5) is 12.4. The van der Waals surface area contributed by atoms with E-state index in [9.17, 15) is 13.2 Å². The first-order valence-electron chi connectivity index (χ1n) is 9.01. The Morgan fingerprint density at radius 2 is 1.63 bits per heavy atom. The lowest BCUT2D eigenvalue weighted by Crippen LogP contribution is -2.41. The topological polar surface area (TPSA) is 103 Å². The number of hydrogen-bond acceptors (Lipinski definition) is 7. The van der Waals surface area contributed by atoms with Crippen LogP contribution in [-0.2, 0) is 14.8 Å². The molecule has 0 aromatic heterocycles. The summed E-state index contributed by atoms with van der Waals surface area (Å²) in [6, 6.07) is 11.8. The SMILES string of the molecule is COc1cccc(OCCNC(=O)CN(c2cc(OC)ccc2OC)S(C)(=O)=O)c1. The van der Waals surface area contributed by atoms with Gasteiger partial charge >= 0.3 is 0 Å². The Morgan fingerprint density at radius 1 is 0.967 bits per heavy atom. The Bertz CT molecular complexity index is 963. The van der Waals surface area contributed by atoms with Crippen LogP contribution in [0.25, 0.3) is 0 Å². The van der Waals surface area contributed by atoms with Gasteiger partial charge < -0.3 is 24.3 Å². The van der Waals surface area contributed by atoms with Crippen molar-refractivity contribution >= 4 is 21.6 Å². The summed E-state index contributed by atoms with van der Waals surface area (Å²) in [7, 11) is 0.682. The third-order valence-electron chi connectivity index (χ3n) is 4.08. The maximum absolute atomic E-state index is 12.4. The van der Waals surface area contributed by atoms with E-state index in [0.717, 1.165) is 10.6 Å². The number of nitrogens with zero attached hydrogens (tertiary/aromatic N) is 1. The molecule has 9 nitrogen and oxygen atoms in total. The van der Waals surface area contributed by atoms with Crippen LogP contribution in [0.1, 0.15) is 0 Å². The van der Waals surface area contributed by atoms with Gasteiger partial charge in [0.05, 0.1) is 39.8 Å². The zero-order valence-electron chi connectivity index (χ0n) is 17.4. The predicted molar refractivity (Wildman–Crippen MR) is 113 cm³/mol. The summed E-state index contributed by atoms with van der Waals surface area (Å²) >= 11 is 0. The normalized spacial score (nSPS) is 10.8. The smallest absolute Gasteiger partial charge is 0.240 e. The molecule has 0 radical (unpaired) electrons. The minimum absolute atomic E-state index is 0.197. The summed E-state index contributed by atoms with van der Waals surface area (Å²) < 4.78 is 46.7. The van der Waals surface area contributed by atoms with Gasteiger partial charge in [-0.05, 0) is 24.3 Å². The van der Waals surface area contributed by atoms with Crippen molar-refractivity contribution in [3.05, 3.63) is 42.5 Å². The standard InChI is InChI=1S/C20H26N2O7S/c1-26-15-6-5-7-17(12-15)29-11-10-21-20(23)14-22(30(4,24)25)18-13-16(27-2)8-9-19(18)28-3/h5-9,12-13H,10-11,14H2,1-4H3,(H,21,23). The molecule has 0 aliphatic heterocycles. The van der Waals surface area contributed by atoms with Crippen molar-refractivity contribution in [2.45, 2.75) is 0 Å². The largest absolute Gasteiger partial charge is 0.497 e. The van der Waals surface area contributed by atoms with E-state index in [2.05, 4.69) is 5.32 Å². The molecule has 0 heterocycles. The second-order valence-corrected chi connectivity index (χ2v) is 8.09. The van der Waals surface area contributed by atoms with Crippen LogP contribution in [0.4, 0.5) is 5.69 Å². The number of carbonyl (C=O) groups excluding carboxylic acids is 1. The van der Waals surface area contributed by atoms with Crippen molar-refractivity contribution in [3.8, 4) is 23.0 Å². The van der Waals surface area contributed by atoms with Crippen LogP contribution in [0.3, 0.4) is 0 Å². The van der Waals surface area contributed by atoms with Gasteiger partial charge in [0.25, 0.3) is 0 Å². The monoisotopic (exact) mass is 438 g/mol. The van der Waals surface area contributed by atoms with Crippen molar-refractivity contribution in [2.24, 2.45) is 0 Å². The Balaban J connectivity index is 2.01. The molecule has 1 N–H and O–H groups in total. The minimum Gasteiger partial charge on any atom is -0.497 e. The number of anilines is 1. The van der Waals surface area contributed by atoms with Crippen molar-refractivity contribution in [3.63, 3.8) is 0 Å². The average molecular weight is 439 g/mol. The number of benzene rings is 2. The van der Waals surface area contributed by atoms with Crippen molar-refractivity contribution in [1.29, 1.82) is 0 Å². The summed E-state index contributed by atoms with van der Waals surface area (Å²) in [5.41, 5.74) is 0.210. The molecule has 0 aliphatic carbocycles. The van der Waals surface area contributed by atoms with Crippen LogP contribution in [0.2, 0.25) is 0 Å². The fraction of sp³-hybridized carbons (Fsp3) is 0.350. The third kappa shape index (κ3) is 6.45. The molecule has 0 unspecified atom stereocenters. The highest BCUT2D eigenvalue weighted by Gasteiger charge is 2.24. The lowest BCUT2D eigenvalue weighted by Gasteiger charge is -2.24. The second kappa shape index (κ2) is 10.6. The molecule has 2 aromatic rings. The van der Waals surface area contributed by atoms with Crippen LogP contribution in [-0.4, -0.2) is 61.6 Å². The third-order valence-corrected chi connectivity index (χ3v) is 5.20. The van der Waals surface area contributed by atoms with Crippen LogP contribution in [0, 0.1) is 0 Å². The molecule has 0 aliphatic rings. The Kier molecular flexibility index (Phi) is 8.16. The van der Waals surface area contributed by atoms with Crippen LogP contribution in [0.5, 0.6) is 23.0 Å². The summed E-state index contributed by atoms with van der Waals surface area (Å²) in [6.45, 7) is -0.00925. The molecule has 2 aromatic carbocycles. The van der Waals surface area contributed by atoms with Gasteiger partial charge in [-0.25, -0.2) is 8.42 Å². The molecule has 1 amide bonds. The van der Waals surface area contributed by atoms with Crippen molar-refractivity contribution < 1.29 is 32.2 Å². The maximum atomic E-state index is 12.4. The number of carbonyl (C=O) groups is 1. The first kappa shape index (κ1) is 23.1. The summed E-state index contributed by atoms with van der Waals surface area (Å²) in [5, 5.41) is 2.65. The zero-order chi connectivity index (χ0) is 22.1. The van der Waals surface area contributed by atoms with Crippen molar-refractivity contribution in [2.75, 3.05) is 51.6 Å². The maximum Gasteiger partial charge on any atom is 0.240 e. The summed E-state index contributed by atoms with van der Waals surface area (Å²) in [5.74, 6) is 1.51. The first-order valence-corrected chi connectivity index (χ1v) is 10.9. The molecule has 0 saturated carbocycles. The van der Waals surface area contributed by atoms with E-state index in [-0.39, 0.29) is 18.8 Å². The quantitative estimate of drug-likeness (QED) is 0.532. The predicted octanol–water partition coefficient (Wildman–Crippen LogP) is 1.67. The van der Waals surface area contributed by atoms with E-state index in [1.807, 2.05) is 0 Å². The van der Waals surface area contributed by atoms with Crippen LogP contribution < -0.4 is 28.6 Å². The van der Waals surface area contributed by atoms with E-state index in [1.165, 1.54) is 20.3 Å². The lowest BCUT2D eigenvalue weighted by atomic mass is 10.2. The van der Waals surface area contributed by atoms with Crippen molar-refractivity contribution in [1.82, 2.24) is 5.32 Å². The number of amides is 1. The lowest BCUT2D eigenvalue weighted by molar-refractivity contribution is -0.119. The molecular formula is C20H26N2O7S. The van der Waals surface area contributed by atoms with Gasteiger partial charge in [0.2, 0.25) is 15.9 Å². The molecule has 10 heteroatoms. The fourth-order valence-electron chi connectivity index (χ4n) is 2.61. The molecule has 0 saturated heterocycles. The van der Waals surface area contributed by atoms with Gasteiger partial charge in [-0.1, -0.05) is 6.07 Å². The van der Waals surface area contributed by atoms with E-state index >= 15 is 0 Å². The van der Waals surface area contributed by atoms with E-state index in [0.29, 0.717) is 23.0 Å². The van der Waals surface area contributed by atoms with Gasteiger partial charge in [0.1, 0.15) is 36.1 Å². The number of methoxy groups -OCH3 is 3. The molecule has 30 heavy (non-hydrogen) atoms. The molecule has 0 fully saturated rings. The first-order chi connectivity index (χ1) is 14.3. The minimum atomic E-state index is -3.76. The van der Waals surface area contributed by atoms with Gasteiger partial charge in [0.15, 0.2) is 0 Å². The number of nitrogens with one attached hydrogen (secondary N) is 1. The highest BCUT2D eigenvalue weighted by Crippen LogP contribution is 2.33. The van der Waals surface area contributed by atoms with Crippen LogP contribution >= 0.6 is 0 Å². The number of hydrogen-bond donors (Lipinski definition) is 1. The Hall–Kier alpha value is -3.14. The molecule has 0 spiro atoms. The van der Waals surface area contributed by atoms with E-state index < -0.39 is 22.5 Å². The second-order valence-electron chi connectivity index (χ2n) is 6.18. The van der Waals surface area contributed by atoms with E-state index in [1.54, 1.807) is 43.5 Å². The van der Waals surface area contributed by atoms with Gasteiger partial charge in [-0.2, -0.15) is 0 Å². The van der Waals surface area contributed by atoms with Gasteiger partial charge in [-0.15, -0.1) is 0 Å². The Morgan fingerprint density at radius 3 is 2.27 bits per heavy atom. The van der Waals surface area contributed by atoms with Gasteiger partial charge in [0, 0.05) is 12.1 Å². The van der Waals surface area contributed by atoms with Gasteiger partial charge in [-0.3, -0.25) is 9.10 Å². The highest BCUT2D eigenvalue weighted by molar-refractivity contribution is 7.92. The molecule has 164 valence electrons. The zero-order valence-corrected chi connectivity index (χ0v) is 18.2. The highest BCUT2D eigenvalue weighted by atomic mass is 32.2. The Labute approximate surface area is 176 Å². The molecule has 0 bridgehead atoms. The number of rotatable bonds is 11. The van der Waals surface area contributed by atoms with Crippen LogP contribution in [0.15, 0.2) is 42.5 Å². The summed E-state index contributed by atoms with van der Waals surface area (Å²) in [6.07, 6.45) is 1.02. The average Bonchev–Trinajstić information content (AvgIpc) is 2.74. The molecule has 0 atom stereocenters. The number of ether oxygens (including phenoxy) is 4. The number of sulfonamides is 1. The fourth-order valence-corrected chi connectivity index (χ4v) is 3.46. The van der Waals surface area contributed by atoms with E-state index in [4.69, 9.17) is 18.9 Å². The molecule has 2 rings (SSSR count).